The summed E-state index contributed by atoms with van der Waals surface area (Å²) < 4.78 is 22.1. The average Bonchev–Trinajstić information content (AvgIpc) is 2.75. The van der Waals surface area contributed by atoms with Gasteiger partial charge in [-0.1, -0.05) is 30.3 Å². The van der Waals surface area contributed by atoms with Crippen LogP contribution < -0.4 is 5.14 Å². The Morgan fingerprint density at radius 2 is 2.05 bits per heavy atom. The van der Waals surface area contributed by atoms with Crippen LogP contribution in [0, 0.1) is 5.92 Å². The van der Waals surface area contributed by atoms with Crippen LogP contribution in [0.1, 0.15) is 12.0 Å². The van der Waals surface area contributed by atoms with Gasteiger partial charge >= 0.3 is 0 Å². The SMILES string of the molecule is NS(=O)(=O)CC1CCN(C[C@H](O)Cc2ccccc2)C1. The molecular formula is C14H22N2O3S. The van der Waals surface area contributed by atoms with E-state index in [2.05, 4.69) is 4.90 Å². The van der Waals surface area contributed by atoms with Crippen LogP contribution in [0.3, 0.4) is 0 Å². The van der Waals surface area contributed by atoms with Gasteiger partial charge in [0.2, 0.25) is 10.0 Å². The number of aliphatic hydroxyl groups excluding tert-OH is 1. The first kappa shape index (κ1) is 15.4. The lowest BCUT2D eigenvalue weighted by molar-refractivity contribution is 0.124. The van der Waals surface area contributed by atoms with Gasteiger partial charge in [0.05, 0.1) is 11.9 Å². The monoisotopic (exact) mass is 298 g/mol. The molecule has 1 saturated heterocycles. The van der Waals surface area contributed by atoms with E-state index >= 15 is 0 Å². The Bertz CT molecular complexity index is 518. The Labute approximate surface area is 120 Å². The van der Waals surface area contributed by atoms with E-state index in [0.29, 0.717) is 19.5 Å². The van der Waals surface area contributed by atoms with Crippen LogP contribution in [0.25, 0.3) is 0 Å². The molecule has 2 atom stereocenters. The molecule has 112 valence electrons. The van der Waals surface area contributed by atoms with Crippen molar-refractivity contribution in [3.05, 3.63) is 35.9 Å². The first-order valence-electron chi connectivity index (χ1n) is 6.87. The third-order valence-corrected chi connectivity index (χ3v) is 4.56. The van der Waals surface area contributed by atoms with Crippen molar-refractivity contribution in [2.75, 3.05) is 25.4 Å². The summed E-state index contributed by atoms with van der Waals surface area (Å²) in [6.07, 6.45) is 1.02. The van der Waals surface area contributed by atoms with E-state index in [1.807, 2.05) is 30.3 Å². The van der Waals surface area contributed by atoms with E-state index in [-0.39, 0.29) is 11.7 Å². The molecule has 3 N–H and O–H groups in total. The number of rotatable bonds is 6. The van der Waals surface area contributed by atoms with Crippen LogP contribution in [0.4, 0.5) is 0 Å². The number of aliphatic hydroxyl groups is 1. The number of primary sulfonamides is 1. The van der Waals surface area contributed by atoms with Gasteiger partial charge in [-0.3, -0.25) is 0 Å². The van der Waals surface area contributed by atoms with Gasteiger partial charge in [0.25, 0.3) is 0 Å². The fourth-order valence-corrected chi connectivity index (χ4v) is 3.72. The molecule has 20 heavy (non-hydrogen) atoms. The third kappa shape index (κ3) is 5.20. The number of likely N-dealkylation sites (tertiary alicyclic amines) is 1. The maximum absolute atomic E-state index is 11.1. The lowest BCUT2D eigenvalue weighted by Crippen LogP contribution is -2.33. The first-order valence-corrected chi connectivity index (χ1v) is 8.59. The van der Waals surface area contributed by atoms with Gasteiger partial charge in [0.15, 0.2) is 0 Å². The number of benzene rings is 1. The van der Waals surface area contributed by atoms with Gasteiger partial charge < -0.3 is 10.0 Å². The van der Waals surface area contributed by atoms with Crippen molar-refractivity contribution in [1.82, 2.24) is 4.90 Å². The highest BCUT2D eigenvalue weighted by molar-refractivity contribution is 7.89. The molecule has 1 fully saturated rings. The number of sulfonamides is 1. The molecule has 2 rings (SSSR count). The second kappa shape index (κ2) is 6.67. The van der Waals surface area contributed by atoms with Crippen molar-refractivity contribution >= 4 is 10.0 Å². The molecular weight excluding hydrogens is 276 g/mol. The molecule has 1 aliphatic heterocycles. The Morgan fingerprint density at radius 1 is 1.35 bits per heavy atom. The number of hydrogen-bond acceptors (Lipinski definition) is 4. The smallest absolute Gasteiger partial charge is 0.209 e. The van der Waals surface area contributed by atoms with Crippen molar-refractivity contribution in [3.8, 4) is 0 Å². The van der Waals surface area contributed by atoms with Gasteiger partial charge in [-0.15, -0.1) is 0 Å². The quantitative estimate of drug-likeness (QED) is 0.786. The Hall–Kier alpha value is -0.950. The molecule has 0 radical (unpaired) electrons. The molecule has 0 amide bonds. The summed E-state index contributed by atoms with van der Waals surface area (Å²) in [6.45, 7) is 2.10. The molecule has 0 aromatic heterocycles. The summed E-state index contributed by atoms with van der Waals surface area (Å²) >= 11 is 0. The van der Waals surface area contributed by atoms with Gasteiger partial charge in [-0.05, 0) is 30.9 Å². The highest BCUT2D eigenvalue weighted by Crippen LogP contribution is 2.18. The van der Waals surface area contributed by atoms with E-state index in [9.17, 15) is 13.5 Å². The Morgan fingerprint density at radius 3 is 2.70 bits per heavy atom. The Balaban J connectivity index is 1.77. The molecule has 1 aromatic rings. The van der Waals surface area contributed by atoms with Crippen LogP contribution in [-0.2, 0) is 16.4 Å². The molecule has 5 nitrogen and oxygen atoms in total. The lowest BCUT2D eigenvalue weighted by Gasteiger charge is -2.20. The highest BCUT2D eigenvalue weighted by Gasteiger charge is 2.26. The van der Waals surface area contributed by atoms with Crippen molar-refractivity contribution in [2.24, 2.45) is 11.1 Å². The molecule has 0 saturated carbocycles. The van der Waals surface area contributed by atoms with Crippen LogP contribution in [-0.4, -0.2) is 49.9 Å². The number of nitrogens with two attached hydrogens (primary N) is 1. The summed E-state index contributed by atoms with van der Waals surface area (Å²) in [4.78, 5) is 2.11. The molecule has 0 aliphatic carbocycles. The summed E-state index contributed by atoms with van der Waals surface area (Å²) in [6, 6.07) is 9.86. The van der Waals surface area contributed by atoms with Crippen molar-refractivity contribution < 1.29 is 13.5 Å². The second-order valence-electron chi connectivity index (χ2n) is 5.59. The normalized spacial score (nSPS) is 22.0. The van der Waals surface area contributed by atoms with Crippen molar-refractivity contribution in [2.45, 2.75) is 18.9 Å². The molecule has 0 spiro atoms. The highest BCUT2D eigenvalue weighted by atomic mass is 32.2. The van der Waals surface area contributed by atoms with Gasteiger partial charge in [-0.2, -0.15) is 0 Å². The van der Waals surface area contributed by atoms with Gasteiger partial charge in [-0.25, -0.2) is 13.6 Å². The zero-order valence-electron chi connectivity index (χ0n) is 11.5. The number of nitrogens with zero attached hydrogens (tertiary/aromatic N) is 1. The van der Waals surface area contributed by atoms with Crippen LogP contribution in [0.5, 0.6) is 0 Å². The third-order valence-electron chi connectivity index (χ3n) is 3.62. The predicted molar refractivity (Wildman–Crippen MR) is 78.7 cm³/mol. The zero-order valence-corrected chi connectivity index (χ0v) is 12.3. The van der Waals surface area contributed by atoms with E-state index in [0.717, 1.165) is 18.5 Å². The number of hydrogen-bond donors (Lipinski definition) is 2. The molecule has 0 bridgehead atoms. The van der Waals surface area contributed by atoms with Gasteiger partial charge in [0, 0.05) is 13.1 Å². The molecule has 1 unspecified atom stereocenters. The maximum Gasteiger partial charge on any atom is 0.209 e. The topological polar surface area (TPSA) is 83.6 Å². The van der Waals surface area contributed by atoms with Crippen LogP contribution in [0.15, 0.2) is 30.3 Å². The van der Waals surface area contributed by atoms with E-state index < -0.39 is 16.1 Å². The summed E-state index contributed by atoms with van der Waals surface area (Å²) in [7, 11) is -3.40. The Kier molecular flexibility index (Phi) is 5.15. The summed E-state index contributed by atoms with van der Waals surface area (Å²) in [5.41, 5.74) is 1.11. The minimum Gasteiger partial charge on any atom is -0.391 e. The fraction of sp³-hybridized carbons (Fsp3) is 0.571. The molecule has 1 heterocycles. The first-order chi connectivity index (χ1) is 9.42. The summed E-state index contributed by atoms with van der Waals surface area (Å²) in [5, 5.41) is 15.2. The number of β-amino-alcohol motifs (C(OH)–C–C–N with tert-alkyl or cyclic N) is 1. The zero-order chi connectivity index (χ0) is 14.6. The summed E-state index contributed by atoms with van der Waals surface area (Å²) in [5.74, 6) is 0.132. The van der Waals surface area contributed by atoms with E-state index in [1.165, 1.54) is 0 Å². The second-order valence-corrected chi connectivity index (χ2v) is 7.25. The van der Waals surface area contributed by atoms with E-state index in [4.69, 9.17) is 5.14 Å². The van der Waals surface area contributed by atoms with Crippen LogP contribution in [0.2, 0.25) is 0 Å². The molecule has 6 heteroatoms. The van der Waals surface area contributed by atoms with Crippen molar-refractivity contribution in [1.29, 1.82) is 0 Å². The fourth-order valence-electron chi connectivity index (χ4n) is 2.79. The molecule has 1 aromatic carbocycles. The van der Waals surface area contributed by atoms with Crippen LogP contribution >= 0.6 is 0 Å². The van der Waals surface area contributed by atoms with E-state index in [1.54, 1.807) is 0 Å². The molecule has 1 aliphatic rings. The average molecular weight is 298 g/mol. The van der Waals surface area contributed by atoms with Gasteiger partial charge in [0.1, 0.15) is 0 Å². The predicted octanol–water partition coefficient (Wildman–Crippen LogP) is 0.200. The standard InChI is InChI=1S/C14H22N2O3S/c15-20(18,19)11-13-6-7-16(9-13)10-14(17)8-12-4-2-1-3-5-12/h1-5,13-14,17H,6-11H2,(H2,15,18,19)/t13?,14-/m1/s1. The van der Waals surface area contributed by atoms with Crippen molar-refractivity contribution in [3.63, 3.8) is 0 Å². The minimum absolute atomic E-state index is 0.0400. The maximum atomic E-state index is 11.1. The largest absolute Gasteiger partial charge is 0.391 e. The lowest BCUT2D eigenvalue weighted by atomic mass is 10.1. The minimum atomic E-state index is -3.40.